The molecule has 0 unspecified atom stereocenters. The molecule has 10 heteroatoms. The zero-order valence-electron chi connectivity index (χ0n) is 15.3. The van der Waals surface area contributed by atoms with Gasteiger partial charge >= 0.3 is 6.18 Å². The number of aromatic nitrogens is 4. The van der Waals surface area contributed by atoms with Gasteiger partial charge in [-0.25, -0.2) is 9.97 Å². The van der Waals surface area contributed by atoms with Gasteiger partial charge in [0.25, 0.3) is 5.56 Å². The molecule has 1 saturated carbocycles. The molecule has 0 spiro atoms. The fourth-order valence-corrected chi connectivity index (χ4v) is 2.48. The van der Waals surface area contributed by atoms with Crippen molar-refractivity contribution in [1.82, 2.24) is 19.5 Å². The fraction of sp³-hybridized carbons (Fsp3) is 0.529. The van der Waals surface area contributed by atoms with Crippen molar-refractivity contribution in [2.24, 2.45) is 5.92 Å². The second kappa shape index (κ2) is 6.82. The second-order valence-corrected chi connectivity index (χ2v) is 7.42. The first-order chi connectivity index (χ1) is 12.6. The molecule has 0 atom stereocenters. The first-order valence-corrected chi connectivity index (χ1v) is 8.62. The van der Waals surface area contributed by atoms with E-state index < -0.39 is 11.7 Å². The van der Waals surface area contributed by atoms with E-state index >= 15 is 0 Å². The highest BCUT2D eigenvalue weighted by atomic mass is 19.4. The average Bonchev–Trinajstić information content (AvgIpc) is 3.25. The van der Waals surface area contributed by atoms with Gasteiger partial charge in [0, 0.05) is 24.3 Å². The molecule has 2 heterocycles. The third-order valence-electron chi connectivity index (χ3n) is 4.20. The molecule has 0 aliphatic heterocycles. The maximum Gasteiger partial charge on any atom is 0.421 e. The molecule has 0 saturated heterocycles. The van der Waals surface area contributed by atoms with Gasteiger partial charge in [0.2, 0.25) is 5.95 Å². The largest absolute Gasteiger partial charge is 0.421 e. The van der Waals surface area contributed by atoms with Gasteiger partial charge in [0.1, 0.15) is 17.2 Å². The number of alkyl halides is 3. The molecule has 2 aromatic rings. The second-order valence-electron chi connectivity index (χ2n) is 7.42. The zero-order valence-corrected chi connectivity index (χ0v) is 15.3. The number of halogens is 3. The van der Waals surface area contributed by atoms with Crippen LogP contribution in [0.2, 0.25) is 0 Å². The van der Waals surface area contributed by atoms with Crippen LogP contribution in [0.4, 0.5) is 30.8 Å². The summed E-state index contributed by atoms with van der Waals surface area (Å²) in [6, 6.07) is 1.26. The van der Waals surface area contributed by atoms with Crippen LogP contribution in [-0.4, -0.2) is 25.1 Å². The van der Waals surface area contributed by atoms with Gasteiger partial charge in [0.15, 0.2) is 0 Å². The van der Waals surface area contributed by atoms with Gasteiger partial charge in [-0.15, -0.1) is 0 Å². The summed E-state index contributed by atoms with van der Waals surface area (Å²) in [6.45, 7) is 6.31. The molecule has 2 N–H and O–H groups in total. The fourth-order valence-electron chi connectivity index (χ4n) is 2.48. The lowest BCUT2D eigenvalue weighted by molar-refractivity contribution is -0.137. The summed E-state index contributed by atoms with van der Waals surface area (Å²) in [5, 5.41) is 5.53. The van der Waals surface area contributed by atoms with Crippen LogP contribution in [0.3, 0.4) is 0 Å². The van der Waals surface area contributed by atoms with Crippen LogP contribution < -0.4 is 16.2 Å². The van der Waals surface area contributed by atoms with Crippen LogP contribution in [-0.2, 0) is 12.7 Å². The Morgan fingerprint density at radius 1 is 1.30 bits per heavy atom. The van der Waals surface area contributed by atoms with Gasteiger partial charge in [-0.1, -0.05) is 13.8 Å². The Hall–Kier alpha value is -2.65. The van der Waals surface area contributed by atoms with Gasteiger partial charge < -0.3 is 10.6 Å². The number of hydrogen-bond donors (Lipinski definition) is 2. The molecule has 146 valence electrons. The molecule has 3 rings (SSSR count). The zero-order chi connectivity index (χ0) is 19.8. The summed E-state index contributed by atoms with van der Waals surface area (Å²) in [5.41, 5.74) is -1.58. The van der Waals surface area contributed by atoms with Crippen LogP contribution in [0, 0.1) is 5.92 Å². The van der Waals surface area contributed by atoms with Crippen molar-refractivity contribution in [1.29, 1.82) is 0 Å². The van der Waals surface area contributed by atoms with E-state index in [9.17, 15) is 18.0 Å². The minimum Gasteiger partial charge on any atom is -0.364 e. The van der Waals surface area contributed by atoms with Crippen molar-refractivity contribution in [3.05, 3.63) is 34.5 Å². The lowest BCUT2D eigenvalue weighted by atomic mass is 10.2. The number of nitrogens with one attached hydrogen (secondary N) is 2. The molecule has 0 aromatic carbocycles. The maximum atomic E-state index is 13.2. The Bertz CT molecular complexity index is 889. The molecule has 1 aliphatic rings. The van der Waals surface area contributed by atoms with E-state index in [2.05, 4.69) is 25.6 Å². The maximum absolute atomic E-state index is 13.2. The molecule has 7 nitrogen and oxygen atoms in total. The highest BCUT2D eigenvalue weighted by Gasteiger charge is 2.41. The molecule has 1 aliphatic carbocycles. The number of hydrogen-bond acceptors (Lipinski definition) is 6. The smallest absolute Gasteiger partial charge is 0.364 e. The highest BCUT2D eigenvalue weighted by molar-refractivity contribution is 5.55. The van der Waals surface area contributed by atoms with Crippen LogP contribution in [0.5, 0.6) is 0 Å². The van der Waals surface area contributed by atoms with Gasteiger partial charge in [-0.05, 0) is 25.7 Å². The number of anilines is 3. The van der Waals surface area contributed by atoms with Crippen molar-refractivity contribution in [3.8, 4) is 0 Å². The highest BCUT2D eigenvalue weighted by Crippen LogP contribution is 2.41. The van der Waals surface area contributed by atoms with E-state index in [0.717, 1.165) is 19.0 Å². The van der Waals surface area contributed by atoms with Gasteiger partial charge in [0.05, 0.1) is 6.33 Å². The Labute approximate surface area is 154 Å². The third kappa shape index (κ3) is 4.75. The first kappa shape index (κ1) is 19.1. The van der Waals surface area contributed by atoms with E-state index in [0.29, 0.717) is 6.54 Å². The average molecular weight is 382 g/mol. The van der Waals surface area contributed by atoms with Crippen LogP contribution in [0.15, 0.2) is 23.4 Å². The first-order valence-electron chi connectivity index (χ1n) is 8.62. The standard InChI is InChI=1S/C17H21F3N6O/c1-10(2)8-26-9-22-12(6-13(26)27)23-15-21-7-11(17(18,19)20)14(24-15)25-16(3)4-5-16/h6-7,9-10H,4-5,8H2,1-3H3,(H2,21,23,24,25). The Kier molecular flexibility index (Phi) is 4.83. The SMILES string of the molecule is CC(C)Cn1cnc(Nc2ncc(C(F)(F)F)c(NC3(C)CC3)n2)cc1=O. The molecule has 0 radical (unpaired) electrons. The third-order valence-corrected chi connectivity index (χ3v) is 4.20. The Balaban J connectivity index is 1.86. The Morgan fingerprint density at radius 3 is 2.56 bits per heavy atom. The van der Waals surface area contributed by atoms with Crippen molar-refractivity contribution >= 4 is 17.6 Å². The quantitative estimate of drug-likeness (QED) is 0.796. The van der Waals surface area contributed by atoms with E-state index in [1.165, 1.54) is 17.0 Å². The van der Waals surface area contributed by atoms with E-state index in [4.69, 9.17) is 0 Å². The topological polar surface area (TPSA) is 84.7 Å². The number of rotatable bonds is 6. The molecule has 0 bridgehead atoms. The van der Waals surface area contributed by atoms with E-state index in [1.54, 1.807) is 0 Å². The predicted octanol–water partition coefficient (Wildman–Crippen LogP) is 3.42. The molecular formula is C17H21F3N6O. The monoisotopic (exact) mass is 382 g/mol. The molecule has 2 aromatic heterocycles. The summed E-state index contributed by atoms with van der Waals surface area (Å²) >= 11 is 0. The van der Waals surface area contributed by atoms with Crippen LogP contribution in [0.25, 0.3) is 0 Å². The molecule has 1 fully saturated rings. The minimum atomic E-state index is -4.57. The summed E-state index contributed by atoms with van der Waals surface area (Å²) in [6.07, 6.45) is -0.913. The summed E-state index contributed by atoms with van der Waals surface area (Å²) in [7, 11) is 0. The summed E-state index contributed by atoms with van der Waals surface area (Å²) < 4.78 is 41.1. The lowest BCUT2D eigenvalue weighted by Crippen LogP contribution is -2.23. The van der Waals surface area contributed by atoms with Crippen molar-refractivity contribution in [2.45, 2.75) is 51.9 Å². The Morgan fingerprint density at radius 2 is 2.00 bits per heavy atom. The number of nitrogens with zero attached hydrogens (tertiary/aromatic N) is 4. The van der Waals surface area contributed by atoms with Crippen molar-refractivity contribution in [3.63, 3.8) is 0 Å². The lowest BCUT2D eigenvalue weighted by Gasteiger charge is -2.18. The van der Waals surface area contributed by atoms with Crippen molar-refractivity contribution < 1.29 is 13.2 Å². The van der Waals surface area contributed by atoms with Gasteiger partial charge in [-0.2, -0.15) is 18.2 Å². The predicted molar refractivity (Wildman–Crippen MR) is 94.9 cm³/mol. The van der Waals surface area contributed by atoms with Crippen LogP contribution >= 0.6 is 0 Å². The normalized spacial score (nSPS) is 15.7. The molecule has 27 heavy (non-hydrogen) atoms. The van der Waals surface area contributed by atoms with E-state index in [1.807, 2.05) is 20.8 Å². The van der Waals surface area contributed by atoms with Crippen LogP contribution in [0.1, 0.15) is 39.2 Å². The molecular weight excluding hydrogens is 361 g/mol. The summed E-state index contributed by atoms with van der Waals surface area (Å²) in [4.78, 5) is 23.9. The molecule has 0 amide bonds. The summed E-state index contributed by atoms with van der Waals surface area (Å²) in [5.74, 6) is 0.0961. The van der Waals surface area contributed by atoms with Crippen molar-refractivity contribution in [2.75, 3.05) is 10.6 Å². The minimum absolute atomic E-state index is 0.0664. The van der Waals surface area contributed by atoms with Gasteiger partial charge in [-0.3, -0.25) is 9.36 Å². The van der Waals surface area contributed by atoms with E-state index in [-0.39, 0.29) is 34.6 Å².